The fraction of sp³-hybridized carbons (Fsp3) is 0.909. The van der Waals surface area contributed by atoms with Gasteiger partial charge in [0, 0.05) is 26.2 Å². The first kappa shape index (κ1) is 12.5. The molecule has 1 fully saturated rings. The van der Waals surface area contributed by atoms with Gasteiger partial charge in [0.2, 0.25) is 5.91 Å². The molecule has 15 heavy (non-hydrogen) atoms. The van der Waals surface area contributed by atoms with E-state index in [1.165, 1.54) is 0 Å². The van der Waals surface area contributed by atoms with E-state index >= 15 is 0 Å². The summed E-state index contributed by atoms with van der Waals surface area (Å²) in [7, 11) is 1.66. The van der Waals surface area contributed by atoms with Crippen LogP contribution in [0.1, 0.15) is 20.3 Å². The molecule has 4 nitrogen and oxygen atoms in total. The third-order valence-corrected chi connectivity index (χ3v) is 3.10. The lowest BCUT2D eigenvalue weighted by atomic mass is 10.0. The van der Waals surface area contributed by atoms with Crippen LogP contribution >= 0.6 is 0 Å². The highest BCUT2D eigenvalue weighted by atomic mass is 16.5. The van der Waals surface area contributed by atoms with Crippen molar-refractivity contribution in [3.05, 3.63) is 0 Å². The molecular weight excluding hydrogens is 192 g/mol. The van der Waals surface area contributed by atoms with E-state index in [0.717, 1.165) is 19.5 Å². The van der Waals surface area contributed by atoms with Crippen molar-refractivity contribution in [1.29, 1.82) is 0 Å². The molecule has 2 unspecified atom stereocenters. The maximum atomic E-state index is 12.1. The Morgan fingerprint density at radius 1 is 1.60 bits per heavy atom. The first-order valence-corrected chi connectivity index (χ1v) is 5.71. The molecule has 4 heteroatoms. The van der Waals surface area contributed by atoms with Crippen LogP contribution in [0, 0.1) is 5.92 Å². The second-order valence-electron chi connectivity index (χ2n) is 4.05. The Morgan fingerprint density at radius 3 is 2.80 bits per heavy atom. The predicted octanol–water partition coefficient (Wildman–Crippen LogP) is 0.479. The predicted molar refractivity (Wildman–Crippen MR) is 59.7 cm³/mol. The topological polar surface area (TPSA) is 41.6 Å². The van der Waals surface area contributed by atoms with Gasteiger partial charge in [0.1, 0.15) is 0 Å². The number of carbonyl (C=O) groups is 1. The Hall–Kier alpha value is -0.610. The van der Waals surface area contributed by atoms with Crippen molar-refractivity contribution in [2.75, 3.05) is 33.4 Å². The number of methoxy groups -OCH3 is 1. The number of amides is 1. The molecule has 0 aromatic rings. The molecule has 0 aromatic carbocycles. The Balaban J connectivity index is 2.48. The van der Waals surface area contributed by atoms with Gasteiger partial charge in [0.15, 0.2) is 0 Å². The van der Waals surface area contributed by atoms with Crippen LogP contribution in [-0.2, 0) is 9.53 Å². The van der Waals surface area contributed by atoms with Crippen LogP contribution in [0.2, 0.25) is 0 Å². The first-order valence-electron chi connectivity index (χ1n) is 5.71. The molecule has 1 saturated heterocycles. The smallest absolute Gasteiger partial charge is 0.227 e. The summed E-state index contributed by atoms with van der Waals surface area (Å²) in [4.78, 5) is 14.0. The fourth-order valence-electron chi connectivity index (χ4n) is 2.06. The maximum absolute atomic E-state index is 12.1. The highest BCUT2D eigenvalue weighted by Crippen LogP contribution is 2.17. The van der Waals surface area contributed by atoms with Gasteiger partial charge >= 0.3 is 0 Å². The number of ether oxygens (including phenoxy) is 1. The van der Waals surface area contributed by atoms with Crippen LogP contribution in [0.5, 0.6) is 0 Å². The summed E-state index contributed by atoms with van der Waals surface area (Å²) in [6.07, 6.45) is 0.962. The van der Waals surface area contributed by atoms with Crippen LogP contribution in [0.4, 0.5) is 0 Å². The van der Waals surface area contributed by atoms with Crippen molar-refractivity contribution >= 4 is 5.91 Å². The SMILES string of the molecule is CCN(CCOC)C(=O)C1CCNC1C. The average molecular weight is 214 g/mol. The van der Waals surface area contributed by atoms with E-state index in [4.69, 9.17) is 4.74 Å². The van der Waals surface area contributed by atoms with Crippen molar-refractivity contribution in [3.63, 3.8) is 0 Å². The van der Waals surface area contributed by atoms with Crippen LogP contribution in [0.3, 0.4) is 0 Å². The molecule has 2 atom stereocenters. The Bertz CT molecular complexity index is 209. The molecule has 1 aliphatic rings. The second kappa shape index (κ2) is 6.08. The summed E-state index contributed by atoms with van der Waals surface area (Å²) in [5, 5.41) is 3.31. The number of likely N-dealkylation sites (N-methyl/N-ethyl adjacent to an activating group) is 1. The molecule has 1 aliphatic heterocycles. The number of rotatable bonds is 5. The van der Waals surface area contributed by atoms with E-state index in [-0.39, 0.29) is 11.8 Å². The molecule has 0 spiro atoms. The van der Waals surface area contributed by atoms with E-state index in [2.05, 4.69) is 12.2 Å². The number of hydrogen-bond donors (Lipinski definition) is 1. The van der Waals surface area contributed by atoms with Gasteiger partial charge in [-0.1, -0.05) is 0 Å². The highest BCUT2D eigenvalue weighted by molar-refractivity contribution is 5.79. The minimum absolute atomic E-state index is 0.154. The molecule has 1 heterocycles. The van der Waals surface area contributed by atoms with Crippen molar-refractivity contribution in [1.82, 2.24) is 10.2 Å². The zero-order valence-corrected chi connectivity index (χ0v) is 9.95. The summed E-state index contributed by atoms with van der Waals surface area (Å²) in [6.45, 7) is 7.15. The third kappa shape index (κ3) is 3.18. The van der Waals surface area contributed by atoms with E-state index in [9.17, 15) is 4.79 Å². The average Bonchev–Trinajstić information content (AvgIpc) is 2.65. The normalized spacial score (nSPS) is 25.5. The zero-order chi connectivity index (χ0) is 11.3. The van der Waals surface area contributed by atoms with Crippen molar-refractivity contribution in [3.8, 4) is 0 Å². The van der Waals surface area contributed by atoms with Gasteiger partial charge in [-0.3, -0.25) is 4.79 Å². The van der Waals surface area contributed by atoms with E-state index in [0.29, 0.717) is 19.2 Å². The zero-order valence-electron chi connectivity index (χ0n) is 9.95. The Labute approximate surface area is 92.0 Å². The number of carbonyl (C=O) groups excluding carboxylic acids is 1. The third-order valence-electron chi connectivity index (χ3n) is 3.10. The van der Waals surface area contributed by atoms with Crippen molar-refractivity contribution < 1.29 is 9.53 Å². The molecule has 0 aromatic heterocycles. The van der Waals surface area contributed by atoms with Gasteiger partial charge in [-0.05, 0) is 26.8 Å². The molecule has 88 valence electrons. The van der Waals surface area contributed by atoms with E-state index in [1.807, 2.05) is 11.8 Å². The lowest BCUT2D eigenvalue weighted by Gasteiger charge is -2.25. The number of nitrogens with one attached hydrogen (secondary N) is 1. The van der Waals surface area contributed by atoms with Gasteiger partial charge in [0.25, 0.3) is 0 Å². The second-order valence-corrected chi connectivity index (χ2v) is 4.05. The van der Waals surface area contributed by atoms with Gasteiger partial charge in [0.05, 0.1) is 12.5 Å². The molecular formula is C11H22N2O2. The molecule has 0 saturated carbocycles. The first-order chi connectivity index (χ1) is 7.20. The number of nitrogens with zero attached hydrogens (tertiary/aromatic N) is 1. The van der Waals surface area contributed by atoms with Gasteiger partial charge in [-0.25, -0.2) is 0 Å². The summed E-state index contributed by atoms with van der Waals surface area (Å²) < 4.78 is 5.00. The van der Waals surface area contributed by atoms with E-state index in [1.54, 1.807) is 7.11 Å². The fourth-order valence-corrected chi connectivity index (χ4v) is 2.06. The monoisotopic (exact) mass is 214 g/mol. The lowest BCUT2D eigenvalue weighted by Crippen LogP contribution is -2.41. The minimum atomic E-state index is 0.154. The highest BCUT2D eigenvalue weighted by Gasteiger charge is 2.31. The number of hydrogen-bond acceptors (Lipinski definition) is 3. The van der Waals surface area contributed by atoms with Crippen molar-refractivity contribution in [2.24, 2.45) is 5.92 Å². The summed E-state index contributed by atoms with van der Waals surface area (Å²) >= 11 is 0. The van der Waals surface area contributed by atoms with Crippen LogP contribution in [0.25, 0.3) is 0 Å². The molecule has 0 radical (unpaired) electrons. The lowest BCUT2D eigenvalue weighted by molar-refractivity contribution is -0.136. The maximum Gasteiger partial charge on any atom is 0.227 e. The van der Waals surface area contributed by atoms with Crippen molar-refractivity contribution in [2.45, 2.75) is 26.3 Å². The standard InChI is InChI=1S/C11H22N2O2/c1-4-13(7-8-15-3)11(14)10-5-6-12-9(10)2/h9-10,12H,4-8H2,1-3H3. The Morgan fingerprint density at radius 2 is 2.33 bits per heavy atom. The molecule has 1 N–H and O–H groups in total. The molecule has 1 rings (SSSR count). The molecule has 0 bridgehead atoms. The summed E-state index contributed by atoms with van der Waals surface area (Å²) in [5.74, 6) is 0.425. The Kier molecular flexibility index (Phi) is 5.05. The van der Waals surface area contributed by atoms with Crippen LogP contribution < -0.4 is 5.32 Å². The van der Waals surface area contributed by atoms with Gasteiger partial charge in [-0.15, -0.1) is 0 Å². The quantitative estimate of drug-likeness (QED) is 0.724. The van der Waals surface area contributed by atoms with Crippen LogP contribution in [-0.4, -0.2) is 50.2 Å². The largest absolute Gasteiger partial charge is 0.383 e. The van der Waals surface area contributed by atoms with Gasteiger partial charge < -0.3 is 15.0 Å². The molecule has 1 amide bonds. The van der Waals surface area contributed by atoms with E-state index < -0.39 is 0 Å². The summed E-state index contributed by atoms with van der Waals surface area (Å²) in [6, 6.07) is 0.314. The van der Waals surface area contributed by atoms with Crippen LogP contribution in [0.15, 0.2) is 0 Å². The summed E-state index contributed by atoms with van der Waals surface area (Å²) in [5.41, 5.74) is 0. The molecule has 0 aliphatic carbocycles. The van der Waals surface area contributed by atoms with Gasteiger partial charge in [-0.2, -0.15) is 0 Å². The minimum Gasteiger partial charge on any atom is -0.383 e.